The summed E-state index contributed by atoms with van der Waals surface area (Å²) in [5, 5.41) is 6.90. The first-order chi connectivity index (χ1) is 9.15. The van der Waals surface area contributed by atoms with Gasteiger partial charge in [-0.25, -0.2) is 4.98 Å². The number of rotatable bonds is 3. The molecule has 3 heterocycles. The summed E-state index contributed by atoms with van der Waals surface area (Å²) in [5.41, 5.74) is 1.06. The topological polar surface area (TPSA) is 66.6 Å². The number of aromatic amines is 2. The Hall–Kier alpha value is -1.05. The minimum absolute atomic E-state index is 0.151. The molecule has 3 rings (SSSR count). The van der Waals surface area contributed by atoms with Crippen molar-refractivity contribution in [1.29, 1.82) is 0 Å². The van der Waals surface area contributed by atoms with Crippen LogP contribution in [0, 0.1) is 4.77 Å². The SMILES string of the molecule is CC(C)c1nc(C2CCCO2)sc1-c1nc(=S)[nH][nH]1. The molecule has 5 nitrogen and oxygen atoms in total. The second-order valence-corrected chi connectivity index (χ2v) is 6.36. The van der Waals surface area contributed by atoms with Gasteiger partial charge in [0.05, 0.1) is 10.6 Å². The van der Waals surface area contributed by atoms with Gasteiger partial charge in [-0.3, -0.25) is 10.2 Å². The molecule has 19 heavy (non-hydrogen) atoms. The molecule has 0 radical (unpaired) electrons. The summed E-state index contributed by atoms with van der Waals surface area (Å²) in [7, 11) is 0. The van der Waals surface area contributed by atoms with Crippen molar-refractivity contribution in [2.24, 2.45) is 0 Å². The molecule has 1 fully saturated rings. The minimum atomic E-state index is 0.151. The van der Waals surface area contributed by atoms with Gasteiger partial charge in [0.15, 0.2) is 5.82 Å². The normalized spacial score (nSPS) is 19.4. The fraction of sp³-hybridized carbons (Fsp3) is 0.583. The molecule has 2 N–H and O–H groups in total. The summed E-state index contributed by atoms with van der Waals surface area (Å²) in [6.07, 6.45) is 2.32. The molecule has 1 saturated heterocycles. The average molecular weight is 296 g/mol. The lowest BCUT2D eigenvalue weighted by atomic mass is 10.1. The summed E-state index contributed by atoms with van der Waals surface area (Å²) in [6, 6.07) is 0. The zero-order valence-electron chi connectivity index (χ0n) is 10.9. The molecule has 1 unspecified atom stereocenters. The van der Waals surface area contributed by atoms with Gasteiger partial charge in [-0.2, -0.15) is 4.98 Å². The van der Waals surface area contributed by atoms with Gasteiger partial charge in [0.2, 0.25) is 4.77 Å². The lowest BCUT2D eigenvalue weighted by Crippen LogP contribution is -1.96. The Morgan fingerprint density at radius 1 is 1.37 bits per heavy atom. The summed E-state index contributed by atoms with van der Waals surface area (Å²) in [4.78, 5) is 10.1. The fourth-order valence-electron chi connectivity index (χ4n) is 2.20. The van der Waals surface area contributed by atoms with Crippen molar-refractivity contribution in [2.45, 2.75) is 38.7 Å². The Morgan fingerprint density at radius 2 is 2.21 bits per heavy atom. The van der Waals surface area contributed by atoms with E-state index in [1.54, 1.807) is 11.3 Å². The maximum Gasteiger partial charge on any atom is 0.213 e. The molecule has 0 amide bonds. The standard InChI is InChI=1S/C12H16N4OS2/c1-6(2)8-9(10-14-12(18)16-15-10)19-11(13-8)7-4-3-5-17-7/h6-7H,3-5H2,1-2H3,(H2,14,15,16,18). The molecule has 1 atom stereocenters. The zero-order valence-corrected chi connectivity index (χ0v) is 12.5. The number of nitrogens with zero attached hydrogens (tertiary/aromatic N) is 2. The van der Waals surface area contributed by atoms with E-state index in [0.717, 1.165) is 40.9 Å². The van der Waals surface area contributed by atoms with Gasteiger partial charge >= 0.3 is 0 Å². The molecular formula is C12H16N4OS2. The summed E-state index contributed by atoms with van der Waals surface area (Å²) < 4.78 is 6.19. The van der Waals surface area contributed by atoms with Crippen molar-refractivity contribution in [2.75, 3.05) is 6.61 Å². The van der Waals surface area contributed by atoms with E-state index in [1.165, 1.54) is 0 Å². The average Bonchev–Trinajstić information content (AvgIpc) is 3.07. The van der Waals surface area contributed by atoms with E-state index in [2.05, 4.69) is 29.0 Å². The molecule has 102 valence electrons. The highest BCUT2D eigenvalue weighted by molar-refractivity contribution is 7.71. The molecule has 1 aliphatic heterocycles. The third-order valence-corrected chi connectivity index (χ3v) is 4.50. The van der Waals surface area contributed by atoms with Crippen LogP contribution >= 0.6 is 23.6 Å². The molecule has 0 aliphatic carbocycles. The summed E-state index contributed by atoms with van der Waals surface area (Å²) in [6.45, 7) is 5.11. The van der Waals surface area contributed by atoms with Gasteiger partial charge in [0.1, 0.15) is 11.1 Å². The van der Waals surface area contributed by atoms with E-state index in [-0.39, 0.29) is 6.10 Å². The van der Waals surface area contributed by atoms with Crippen molar-refractivity contribution in [3.05, 3.63) is 15.5 Å². The molecule has 2 aromatic heterocycles. The van der Waals surface area contributed by atoms with Crippen LogP contribution in [-0.4, -0.2) is 26.8 Å². The number of ether oxygens (including phenoxy) is 1. The van der Waals surface area contributed by atoms with Crippen molar-refractivity contribution in [1.82, 2.24) is 20.2 Å². The third kappa shape index (κ3) is 2.50. The Labute approximate surface area is 120 Å². The highest BCUT2D eigenvalue weighted by Gasteiger charge is 2.25. The highest BCUT2D eigenvalue weighted by atomic mass is 32.1. The Morgan fingerprint density at radius 3 is 2.79 bits per heavy atom. The van der Waals surface area contributed by atoms with Crippen LogP contribution < -0.4 is 0 Å². The predicted octanol–water partition coefficient (Wildman–Crippen LogP) is 3.57. The van der Waals surface area contributed by atoms with E-state index >= 15 is 0 Å². The smallest absolute Gasteiger partial charge is 0.213 e. The van der Waals surface area contributed by atoms with Gasteiger partial charge in [-0.05, 0) is 31.0 Å². The van der Waals surface area contributed by atoms with E-state index in [0.29, 0.717) is 10.7 Å². The van der Waals surface area contributed by atoms with Crippen LogP contribution in [0.25, 0.3) is 10.7 Å². The van der Waals surface area contributed by atoms with Crippen molar-refractivity contribution in [3.63, 3.8) is 0 Å². The number of aromatic nitrogens is 4. The second-order valence-electron chi connectivity index (χ2n) is 4.94. The van der Waals surface area contributed by atoms with Crippen molar-refractivity contribution in [3.8, 4) is 10.7 Å². The van der Waals surface area contributed by atoms with E-state index in [1.807, 2.05) is 0 Å². The number of thiazole rings is 1. The Kier molecular flexibility index (Phi) is 3.51. The van der Waals surface area contributed by atoms with Crippen molar-refractivity contribution < 1.29 is 4.74 Å². The third-order valence-electron chi connectivity index (χ3n) is 3.14. The highest BCUT2D eigenvalue weighted by Crippen LogP contribution is 2.38. The van der Waals surface area contributed by atoms with E-state index < -0.39 is 0 Å². The summed E-state index contributed by atoms with van der Waals surface area (Å²) >= 11 is 6.67. The molecule has 0 saturated carbocycles. The van der Waals surface area contributed by atoms with Gasteiger partial charge < -0.3 is 4.74 Å². The summed E-state index contributed by atoms with van der Waals surface area (Å²) in [5.74, 6) is 1.12. The quantitative estimate of drug-likeness (QED) is 0.850. The monoisotopic (exact) mass is 296 g/mol. The first-order valence-corrected chi connectivity index (χ1v) is 7.65. The van der Waals surface area contributed by atoms with Crippen LogP contribution in [0.1, 0.15) is 49.4 Å². The molecular weight excluding hydrogens is 280 g/mol. The molecule has 0 spiro atoms. The van der Waals surface area contributed by atoms with Crippen LogP contribution in [0.3, 0.4) is 0 Å². The number of hydrogen-bond donors (Lipinski definition) is 2. The van der Waals surface area contributed by atoms with Crippen LogP contribution in [0.4, 0.5) is 0 Å². The zero-order chi connectivity index (χ0) is 13.4. The Bertz CT molecular complexity index is 622. The van der Waals surface area contributed by atoms with Crippen LogP contribution in [0.2, 0.25) is 0 Å². The van der Waals surface area contributed by atoms with Crippen LogP contribution in [0.5, 0.6) is 0 Å². The first kappa shape index (κ1) is 13.0. The molecule has 2 aromatic rings. The van der Waals surface area contributed by atoms with Gasteiger partial charge in [-0.15, -0.1) is 11.3 Å². The molecule has 0 bridgehead atoms. The van der Waals surface area contributed by atoms with Crippen molar-refractivity contribution >= 4 is 23.6 Å². The number of H-pyrrole nitrogens is 2. The maximum atomic E-state index is 5.72. The number of hydrogen-bond acceptors (Lipinski definition) is 5. The fourth-order valence-corrected chi connectivity index (χ4v) is 3.59. The van der Waals surface area contributed by atoms with Gasteiger partial charge in [0, 0.05) is 6.61 Å². The molecule has 0 aromatic carbocycles. The van der Waals surface area contributed by atoms with Crippen LogP contribution in [0.15, 0.2) is 0 Å². The predicted molar refractivity (Wildman–Crippen MR) is 76.9 cm³/mol. The lowest BCUT2D eigenvalue weighted by Gasteiger charge is -2.04. The van der Waals surface area contributed by atoms with E-state index in [9.17, 15) is 0 Å². The number of nitrogens with one attached hydrogen (secondary N) is 2. The lowest BCUT2D eigenvalue weighted by molar-refractivity contribution is 0.111. The molecule has 7 heteroatoms. The Balaban J connectivity index is 2.04. The molecule has 1 aliphatic rings. The van der Waals surface area contributed by atoms with Crippen LogP contribution in [-0.2, 0) is 4.74 Å². The second kappa shape index (κ2) is 5.15. The van der Waals surface area contributed by atoms with Gasteiger partial charge in [-0.1, -0.05) is 13.8 Å². The largest absolute Gasteiger partial charge is 0.371 e. The maximum absolute atomic E-state index is 5.72. The van der Waals surface area contributed by atoms with Gasteiger partial charge in [0.25, 0.3) is 0 Å². The first-order valence-electron chi connectivity index (χ1n) is 6.42. The minimum Gasteiger partial charge on any atom is -0.371 e. The van der Waals surface area contributed by atoms with E-state index in [4.69, 9.17) is 21.9 Å².